The zero-order valence-electron chi connectivity index (χ0n) is 15.4. The molecule has 7 heteroatoms. The second-order valence-electron chi connectivity index (χ2n) is 7.24. The van der Waals surface area contributed by atoms with Gasteiger partial charge in [0, 0.05) is 35.8 Å². The fourth-order valence-corrected chi connectivity index (χ4v) is 3.83. The summed E-state index contributed by atoms with van der Waals surface area (Å²) < 4.78 is 5.38. The van der Waals surface area contributed by atoms with Gasteiger partial charge < -0.3 is 15.0 Å². The van der Waals surface area contributed by atoms with Gasteiger partial charge in [0.2, 0.25) is 5.95 Å². The number of hydrogen-bond acceptors (Lipinski definition) is 5. The zero-order valence-corrected chi connectivity index (χ0v) is 16.1. The molecule has 1 aromatic heterocycles. The third-order valence-corrected chi connectivity index (χ3v) is 5.58. The lowest BCUT2D eigenvalue weighted by molar-refractivity contribution is 0.0944. The van der Waals surface area contributed by atoms with E-state index in [-0.39, 0.29) is 11.3 Å². The minimum Gasteiger partial charge on any atom is -0.378 e. The second kappa shape index (κ2) is 7.44. The molecule has 2 aromatic rings. The number of morpholine rings is 1. The molecule has 2 aliphatic rings. The molecule has 2 heterocycles. The Hall–Kier alpha value is -2.18. The highest BCUT2D eigenvalue weighted by Gasteiger charge is 2.45. The Kier molecular flexibility index (Phi) is 5.02. The Labute approximate surface area is 163 Å². The number of rotatable bonds is 5. The number of carbonyl (C=O) groups excluding carboxylic acids is 1. The molecule has 0 radical (unpaired) electrons. The van der Waals surface area contributed by atoms with Crippen LogP contribution >= 0.6 is 11.6 Å². The summed E-state index contributed by atoms with van der Waals surface area (Å²) in [7, 11) is 0. The largest absolute Gasteiger partial charge is 0.378 e. The SMILES string of the molecule is Cc1cc(C(=O)NCC2(c3ccccc3Cl)CC2)nc(N2CCOCC2)n1. The van der Waals surface area contributed by atoms with Crippen molar-refractivity contribution in [2.75, 3.05) is 37.7 Å². The van der Waals surface area contributed by atoms with Crippen LogP contribution in [0.5, 0.6) is 0 Å². The monoisotopic (exact) mass is 386 g/mol. The number of hydrogen-bond donors (Lipinski definition) is 1. The van der Waals surface area contributed by atoms with E-state index < -0.39 is 0 Å². The van der Waals surface area contributed by atoms with Crippen molar-refractivity contribution in [3.63, 3.8) is 0 Å². The summed E-state index contributed by atoms with van der Waals surface area (Å²) in [5.74, 6) is 0.420. The Balaban J connectivity index is 1.47. The summed E-state index contributed by atoms with van der Waals surface area (Å²) >= 11 is 6.36. The third-order valence-electron chi connectivity index (χ3n) is 5.26. The number of nitrogens with zero attached hydrogens (tertiary/aromatic N) is 3. The first-order valence-corrected chi connectivity index (χ1v) is 9.67. The van der Waals surface area contributed by atoms with E-state index in [0.717, 1.165) is 42.2 Å². The molecule has 1 saturated heterocycles. The maximum absolute atomic E-state index is 12.7. The summed E-state index contributed by atoms with van der Waals surface area (Å²) in [5, 5.41) is 3.81. The molecule has 1 aliphatic heterocycles. The summed E-state index contributed by atoms with van der Waals surface area (Å²) in [6.45, 7) is 5.22. The van der Waals surface area contributed by atoms with E-state index in [1.54, 1.807) is 6.07 Å². The number of ether oxygens (including phenoxy) is 1. The van der Waals surface area contributed by atoms with Gasteiger partial charge in [-0.2, -0.15) is 0 Å². The quantitative estimate of drug-likeness (QED) is 0.855. The predicted molar refractivity (Wildman–Crippen MR) is 104 cm³/mol. The van der Waals surface area contributed by atoms with Gasteiger partial charge in [0.25, 0.3) is 5.91 Å². The van der Waals surface area contributed by atoms with Crippen LogP contribution in [-0.2, 0) is 10.2 Å². The van der Waals surface area contributed by atoms with Gasteiger partial charge in [-0.1, -0.05) is 29.8 Å². The van der Waals surface area contributed by atoms with Crippen LogP contribution in [0.25, 0.3) is 0 Å². The Bertz CT molecular complexity index is 848. The van der Waals surface area contributed by atoms with Crippen LogP contribution in [0, 0.1) is 6.92 Å². The van der Waals surface area contributed by atoms with E-state index >= 15 is 0 Å². The highest BCUT2D eigenvalue weighted by molar-refractivity contribution is 6.31. The Morgan fingerprint density at radius 3 is 2.70 bits per heavy atom. The van der Waals surface area contributed by atoms with Gasteiger partial charge in [-0.3, -0.25) is 4.79 Å². The smallest absolute Gasteiger partial charge is 0.270 e. The molecule has 1 N–H and O–H groups in total. The van der Waals surface area contributed by atoms with Crippen LogP contribution in [0.4, 0.5) is 5.95 Å². The maximum atomic E-state index is 12.7. The predicted octanol–water partition coefficient (Wildman–Crippen LogP) is 2.74. The van der Waals surface area contributed by atoms with Crippen LogP contribution in [-0.4, -0.2) is 48.7 Å². The molecule has 0 atom stereocenters. The molecule has 1 saturated carbocycles. The lowest BCUT2D eigenvalue weighted by Gasteiger charge is -2.27. The fraction of sp³-hybridized carbons (Fsp3) is 0.450. The Morgan fingerprint density at radius 1 is 1.26 bits per heavy atom. The summed E-state index contributed by atoms with van der Waals surface area (Å²) in [4.78, 5) is 23.8. The topological polar surface area (TPSA) is 67.4 Å². The van der Waals surface area contributed by atoms with Crippen molar-refractivity contribution >= 4 is 23.5 Å². The second-order valence-corrected chi connectivity index (χ2v) is 7.64. The van der Waals surface area contributed by atoms with Crippen molar-refractivity contribution in [2.45, 2.75) is 25.2 Å². The van der Waals surface area contributed by atoms with Crippen LogP contribution < -0.4 is 10.2 Å². The van der Waals surface area contributed by atoms with Gasteiger partial charge in [-0.15, -0.1) is 0 Å². The molecule has 1 aliphatic carbocycles. The number of benzene rings is 1. The van der Waals surface area contributed by atoms with Crippen LogP contribution in [0.3, 0.4) is 0 Å². The number of halogens is 1. The number of amides is 1. The van der Waals surface area contributed by atoms with Crippen molar-refractivity contribution in [1.29, 1.82) is 0 Å². The van der Waals surface area contributed by atoms with Gasteiger partial charge in [-0.05, 0) is 37.5 Å². The molecule has 6 nitrogen and oxygen atoms in total. The van der Waals surface area contributed by atoms with Gasteiger partial charge in [0.15, 0.2) is 0 Å². The van der Waals surface area contributed by atoms with E-state index in [4.69, 9.17) is 16.3 Å². The molecule has 4 rings (SSSR count). The minimum absolute atomic E-state index is 0.0525. The summed E-state index contributed by atoms with van der Waals surface area (Å²) in [6.07, 6.45) is 2.05. The molecule has 1 amide bonds. The zero-order chi connectivity index (χ0) is 18.9. The molecule has 27 heavy (non-hydrogen) atoms. The van der Waals surface area contributed by atoms with Gasteiger partial charge in [0.1, 0.15) is 5.69 Å². The first-order valence-electron chi connectivity index (χ1n) is 9.29. The van der Waals surface area contributed by atoms with Crippen molar-refractivity contribution in [1.82, 2.24) is 15.3 Å². The molecule has 0 spiro atoms. The number of aryl methyl sites for hydroxylation is 1. The molecule has 0 bridgehead atoms. The van der Waals surface area contributed by atoms with Gasteiger partial charge in [0.05, 0.1) is 13.2 Å². The first-order chi connectivity index (χ1) is 13.1. The van der Waals surface area contributed by atoms with E-state index in [1.165, 1.54) is 0 Å². The maximum Gasteiger partial charge on any atom is 0.270 e. The highest BCUT2D eigenvalue weighted by Crippen LogP contribution is 2.49. The normalized spacial score (nSPS) is 18.2. The third kappa shape index (κ3) is 3.92. The average Bonchev–Trinajstić information content (AvgIpc) is 3.47. The molecule has 142 valence electrons. The lowest BCUT2D eigenvalue weighted by atomic mass is 9.96. The standard InChI is InChI=1S/C20H23ClN4O2/c1-14-12-17(24-19(23-14)25-8-10-27-11-9-25)18(26)22-13-20(6-7-20)15-4-2-3-5-16(15)21/h2-5,12H,6-11,13H2,1H3,(H,22,26). The van der Waals surface area contributed by atoms with E-state index in [2.05, 4.69) is 20.2 Å². The van der Waals surface area contributed by atoms with E-state index in [1.807, 2.05) is 31.2 Å². The van der Waals surface area contributed by atoms with Gasteiger partial charge >= 0.3 is 0 Å². The van der Waals surface area contributed by atoms with Crippen molar-refractivity contribution in [3.05, 3.63) is 52.3 Å². The molecular weight excluding hydrogens is 364 g/mol. The number of nitrogens with one attached hydrogen (secondary N) is 1. The summed E-state index contributed by atoms with van der Waals surface area (Å²) in [6, 6.07) is 9.60. The van der Waals surface area contributed by atoms with Crippen LogP contribution in [0.2, 0.25) is 5.02 Å². The highest BCUT2D eigenvalue weighted by atomic mass is 35.5. The Morgan fingerprint density at radius 2 is 2.00 bits per heavy atom. The molecule has 2 fully saturated rings. The minimum atomic E-state index is -0.173. The van der Waals surface area contributed by atoms with Gasteiger partial charge in [-0.25, -0.2) is 9.97 Å². The van der Waals surface area contributed by atoms with Crippen LogP contribution in [0.15, 0.2) is 30.3 Å². The van der Waals surface area contributed by atoms with Crippen molar-refractivity contribution in [2.24, 2.45) is 0 Å². The van der Waals surface area contributed by atoms with Crippen molar-refractivity contribution in [3.8, 4) is 0 Å². The van der Waals surface area contributed by atoms with Crippen LogP contribution in [0.1, 0.15) is 34.6 Å². The fourth-order valence-electron chi connectivity index (χ4n) is 3.50. The number of anilines is 1. The van der Waals surface area contributed by atoms with E-state index in [9.17, 15) is 4.79 Å². The average molecular weight is 387 g/mol. The lowest BCUT2D eigenvalue weighted by Crippen LogP contribution is -2.38. The van der Waals surface area contributed by atoms with Crippen molar-refractivity contribution < 1.29 is 9.53 Å². The molecular formula is C20H23ClN4O2. The number of carbonyl (C=O) groups is 1. The molecule has 1 aromatic carbocycles. The number of aromatic nitrogens is 2. The molecule has 0 unspecified atom stereocenters. The first kappa shape index (κ1) is 18.2. The van der Waals surface area contributed by atoms with E-state index in [0.29, 0.717) is 31.4 Å². The summed E-state index contributed by atoms with van der Waals surface area (Å²) in [5.41, 5.74) is 2.24.